The molecule has 32 heavy (non-hydrogen) atoms. The molecule has 10 heteroatoms. The van der Waals surface area contributed by atoms with Crippen molar-refractivity contribution in [2.24, 2.45) is 0 Å². The summed E-state index contributed by atoms with van der Waals surface area (Å²) in [5.41, 5.74) is 1.75. The van der Waals surface area contributed by atoms with Gasteiger partial charge in [-0.15, -0.1) is 0 Å². The minimum atomic E-state index is -4.44. The standard InChI is InChI=1S/C22H21F3N4O2S/c1-28(2)20(31)16-9-6-10-17(11-16)27-19(30)13-32-21-26-12-18(15-7-4-3-5-8-15)29(21)14-22(23,24)25/h3-12H,13-14H2,1-2H3,(H,27,30). The van der Waals surface area contributed by atoms with E-state index in [-0.39, 0.29) is 16.8 Å². The Morgan fingerprint density at radius 1 is 1.09 bits per heavy atom. The minimum absolute atomic E-state index is 0.0906. The number of anilines is 1. The molecule has 168 valence electrons. The second kappa shape index (κ2) is 9.90. The molecule has 0 saturated heterocycles. The number of halogens is 3. The Kier molecular flexibility index (Phi) is 7.24. The van der Waals surface area contributed by atoms with Crippen LogP contribution in [0.2, 0.25) is 0 Å². The Bertz CT molecular complexity index is 1100. The Labute approximate surface area is 187 Å². The Hall–Kier alpha value is -3.27. The van der Waals surface area contributed by atoms with Crippen LogP contribution in [0.3, 0.4) is 0 Å². The highest BCUT2D eigenvalue weighted by atomic mass is 32.2. The molecule has 2 aromatic carbocycles. The molecule has 3 aromatic rings. The van der Waals surface area contributed by atoms with E-state index in [4.69, 9.17) is 0 Å². The zero-order valence-electron chi connectivity index (χ0n) is 17.4. The van der Waals surface area contributed by atoms with Gasteiger partial charge in [0.25, 0.3) is 5.91 Å². The normalized spacial score (nSPS) is 11.3. The SMILES string of the molecule is CN(C)C(=O)c1cccc(NC(=O)CSc2ncc(-c3ccccc3)n2CC(F)(F)F)c1. The minimum Gasteiger partial charge on any atom is -0.345 e. The summed E-state index contributed by atoms with van der Waals surface area (Å²) in [6.07, 6.45) is -3.07. The number of aromatic nitrogens is 2. The molecule has 2 amide bonds. The molecule has 0 unspecified atom stereocenters. The molecular formula is C22H21F3N4O2S. The molecule has 0 saturated carbocycles. The number of hydrogen-bond acceptors (Lipinski definition) is 4. The molecular weight excluding hydrogens is 441 g/mol. The van der Waals surface area contributed by atoms with Gasteiger partial charge in [0.05, 0.1) is 17.6 Å². The second-order valence-electron chi connectivity index (χ2n) is 7.11. The largest absolute Gasteiger partial charge is 0.406 e. The number of amides is 2. The quantitative estimate of drug-likeness (QED) is 0.524. The van der Waals surface area contributed by atoms with Crippen LogP contribution >= 0.6 is 11.8 Å². The Balaban J connectivity index is 1.73. The molecule has 1 heterocycles. The fourth-order valence-corrected chi connectivity index (χ4v) is 3.74. The van der Waals surface area contributed by atoms with E-state index in [0.717, 1.165) is 16.3 Å². The predicted molar refractivity (Wildman–Crippen MR) is 118 cm³/mol. The van der Waals surface area contributed by atoms with Crippen molar-refractivity contribution < 1.29 is 22.8 Å². The summed E-state index contributed by atoms with van der Waals surface area (Å²) in [4.78, 5) is 30.0. The van der Waals surface area contributed by atoms with Gasteiger partial charge in [0.2, 0.25) is 5.91 Å². The van der Waals surface area contributed by atoms with Crippen molar-refractivity contribution >= 4 is 29.3 Å². The number of imidazole rings is 1. The Morgan fingerprint density at radius 3 is 2.47 bits per heavy atom. The molecule has 3 rings (SSSR count). The fourth-order valence-electron chi connectivity index (χ4n) is 2.96. The first-order valence-corrected chi connectivity index (χ1v) is 10.5. The van der Waals surface area contributed by atoms with Crippen LogP contribution in [-0.2, 0) is 11.3 Å². The first kappa shape index (κ1) is 23.4. The lowest BCUT2D eigenvalue weighted by Crippen LogP contribution is -2.22. The smallest absolute Gasteiger partial charge is 0.345 e. The first-order valence-electron chi connectivity index (χ1n) is 9.56. The predicted octanol–water partition coefficient (Wildman–Crippen LogP) is 4.55. The van der Waals surface area contributed by atoms with Gasteiger partial charge in [-0.05, 0) is 23.8 Å². The van der Waals surface area contributed by atoms with E-state index in [0.29, 0.717) is 22.5 Å². The van der Waals surface area contributed by atoms with Crippen molar-refractivity contribution in [3.8, 4) is 11.3 Å². The number of hydrogen-bond donors (Lipinski definition) is 1. The van der Waals surface area contributed by atoms with E-state index in [2.05, 4.69) is 10.3 Å². The molecule has 0 aliphatic heterocycles. The zero-order valence-corrected chi connectivity index (χ0v) is 18.2. The summed E-state index contributed by atoms with van der Waals surface area (Å²) in [6, 6.07) is 15.1. The third-order valence-corrected chi connectivity index (χ3v) is 5.35. The van der Waals surface area contributed by atoms with E-state index >= 15 is 0 Å². The maximum atomic E-state index is 13.2. The third-order valence-electron chi connectivity index (χ3n) is 4.36. The van der Waals surface area contributed by atoms with E-state index < -0.39 is 18.6 Å². The van der Waals surface area contributed by atoms with Gasteiger partial charge in [0.1, 0.15) is 6.54 Å². The number of carbonyl (C=O) groups excluding carboxylic acids is 2. The number of carbonyl (C=O) groups is 2. The summed E-state index contributed by atoms with van der Waals surface area (Å²) in [6.45, 7) is -1.21. The third kappa shape index (κ3) is 6.13. The van der Waals surface area contributed by atoms with Crippen LogP contribution in [0.25, 0.3) is 11.3 Å². The summed E-state index contributed by atoms with van der Waals surface area (Å²) < 4.78 is 40.6. The van der Waals surface area contributed by atoms with Crippen LogP contribution in [0.4, 0.5) is 18.9 Å². The van der Waals surface area contributed by atoms with Crippen molar-refractivity contribution in [1.82, 2.24) is 14.5 Å². The average Bonchev–Trinajstić information content (AvgIpc) is 3.13. The van der Waals surface area contributed by atoms with Gasteiger partial charge in [0, 0.05) is 25.3 Å². The topological polar surface area (TPSA) is 67.2 Å². The lowest BCUT2D eigenvalue weighted by atomic mass is 10.2. The molecule has 0 radical (unpaired) electrons. The molecule has 1 aromatic heterocycles. The molecule has 0 spiro atoms. The van der Waals surface area contributed by atoms with Crippen LogP contribution in [0.1, 0.15) is 10.4 Å². The highest BCUT2D eigenvalue weighted by Gasteiger charge is 2.31. The van der Waals surface area contributed by atoms with E-state index in [1.165, 1.54) is 11.1 Å². The Morgan fingerprint density at radius 2 is 1.81 bits per heavy atom. The molecule has 0 aliphatic rings. The highest BCUT2D eigenvalue weighted by Crippen LogP contribution is 2.30. The van der Waals surface area contributed by atoms with Gasteiger partial charge in [-0.25, -0.2) is 4.98 Å². The molecule has 6 nitrogen and oxygen atoms in total. The van der Waals surface area contributed by atoms with Crippen LogP contribution in [0.15, 0.2) is 66.0 Å². The van der Waals surface area contributed by atoms with Gasteiger partial charge in [-0.3, -0.25) is 9.59 Å². The summed E-state index contributed by atoms with van der Waals surface area (Å²) in [5, 5.41) is 2.75. The average molecular weight is 462 g/mol. The van der Waals surface area contributed by atoms with Gasteiger partial charge in [-0.1, -0.05) is 48.2 Å². The van der Waals surface area contributed by atoms with Crippen molar-refractivity contribution in [1.29, 1.82) is 0 Å². The number of alkyl halides is 3. The van der Waals surface area contributed by atoms with Gasteiger partial charge < -0.3 is 14.8 Å². The second-order valence-corrected chi connectivity index (χ2v) is 8.05. The van der Waals surface area contributed by atoms with Crippen molar-refractivity contribution in [3.63, 3.8) is 0 Å². The van der Waals surface area contributed by atoms with Crippen LogP contribution < -0.4 is 5.32 Å². The number of nitrogens with zero attached hydrogens (tertiary/aromatic N) is 3. The van der Waals surface area contributed by atoms with Crippen molar-refractivity contribution in [2.45, 2.75) is 17.9 Å². The van der Waals surface area contributed by atoms with Crippen LogP contribution in [-0.4, -0.2) is 52.3 Å². The summed E-state index contributed by atoms with van der Waals surface area (Å²) in [5.74, 6) is -0.778. The van der Waals surface area contributed by atoms with Gasteiger partial charge in [0.15, 0.2) is 5.16 Å². The molecule has 0 bridgehead atoms. The van der Waals surface area contributed by atoms with Crippen LogP contribution in [0, 0.1) is 0 Å². The molecule has 0 atom stereocenters. The van der Waals surface area contributed by atoms with Crippen molar-refractivity contribution in [3.05, 3.63) is 66.4 Å². The van der Waals surface area contributed by atoms with E-state index in [1.807, 2.05) is 0 Å². The number of nitrogens with one attached hydrogen (secondary N) is 1. The van der Waals surface area contributed by atoms with E-state index in [1.54, 1.807) is 68.7 Å². The first-order chi connectivity index (χ1) is 15.1. The zero-order chi connectivity index (χ0) is 23.3. The van der Waals surface area contributed by atoms with E-state index in [9.17, 15) is 22.8 Å². The lowest BCUT2D eigenvalue weighted by Gasteiger charge is -2.14. The fraction of sp³-hybridized carbons (Fsp3) is 0.227. The maximum absolute atomic E-state index is 13.2. The number of thioether (sulfide) groups is 1. The number of benzene rings is 2. The molecule has 1 N–H and O–H groups in total. The van der Waals surface area contributed by atoms with Gasteiger partial charge >= 0.3 is 6.18 Å². The molecule has 0 fully saturated rings. The van der Waals surface area contributed by atoms with Crippen LogP contribution in [0.5, 0.6) is 0 Å². The summed E-state index contributed by atoms with van der Waals surface area (Å²) in [7, 11) is 3.24. The lowest BCUT2D eigenvalue weighted by molar-refractivity contribution is -0.141. The monoisotopic (exact) mass is 462 g/mol. The summed E-state index contributed by atoms with van der Waals surface area (Å²) >= 11 is 0.911. The molecule has 0 aliphatic carbocycles. The number of rotatable bonds is 7. The maximum Gasteiger partial charge on any atom is 0.406 e. The van der Waals surface area contributed by atoms with Gasteiger partial charge in [-0.2, -0.15) is 13.2 Å². The highest BCUT2D eigenvalue weighted by molar-refractivity contribution is 7.99. The van der Waals surface area contributed by atoms with Crippen molar-refractivity contribution in [2.75, 3.05) is 25.2 Å².